The maximum atomic E-state index is 14.2. The van der Waals surface area contributed by atoms with Crippen molar-refractivity contribution in [2.24, 2.45) is 0 Å². The first-order valence-corrected chi connectivity index (χ1v) is 10.3. The average molecular weight is 438 g/mol. The van der Waals surface area contributed by atoms with Crippen LogP contribution in [-0.2, 0) is 17.8 Å². The van der Waals surface area contributed by atoms with Gasteiger partial charge in [0, 0.05) is 11.1 Å². The molecule has 2 aromatic heterocycles. The van der Waals surface area contributed by atoms with E-state index in [1.54, 1.807) is 6.92 Å². The van der Waals surface area contributed by atoms with Gasteiger partial charge in [0.2, 0.25) is 5.91 Å². The van der Waals surface area contributed by atoms with Gasteiger partial charge in [-0.15, -0.1) is 16.4 Å². The topological polar surface area (TPSA) is 94.8 Å². The minimum absolute atomic E-state index is 0.0949. The zero-order chi connectivity index (χ0) is 21.8. The summed E-state index contributed by atoms with van der Waals surface area (Å²) in [6, 6.07) is 12.0. The molecule has 1 N–H and O–H groups in total. The number of aromatic nitrogens is 5. The van der Waals surface area contributed by atoms with E-state index in [4.69, 9.17) is 4.74 Å². The molecule has 0 saturated heterocycles. The predicted molar refractivity (Wildman–Crippen MR) is 114 cm³/mol. The van der Waals surface area contributed by atoms with Gasteiger partial charge in [0.15, 0.2) is 5.82 Å². The van der Waals surface area contributed by atoms with Crippen LogP contribution in [0.25, 0.3) is 5.69 Å². The molecule has 4 rings (SSSR count). The van der Waals surface area contributed by atoms with E-state index in [1.165, 1.54) is 34.2 Å². The van der Waals surface area contributed by atoms with E-state index in [0.717, 1.165) is 16.3 Å². The van der Waals surface area contributed by atoms with Crippen LogP contribution in [0.4, 0.5) is 10.1 Å². The lowest BCUT2D eigenvalue weighted by molar-refractivity contribution is -0.115. The molecule has 31 heavy (non-hydrogen) atoms. The summed E-state index contributed by atoms with van der Waals surface area (Å²) in [7, 11) is 0. The number of carbonyl (C=O) groups excluding carboxylic acids is 1. The van der Waals surface area contributed by atoms with Gasteiger partial charge in [-0.05, 0) is 54.6 Å². The first-order chi connectivity index (χ1) is 15.0. The van der Waals surface area contributed by atoms with Gasteiger partial charge < -0.3 is 10.1 Å². The smallest absolute Gasteiger partial charge is 0.230 e. The summed E-state index contributed by atoms with van der Waals surface area (Å²) in [5.74, 6) is 0.448. The molecule has 0 radical (unpaired) electrons. The number of hydrogen-bond donors (Lipinski definition) is 1. The largest absolute Gasteiger partial charge is 0.486 e. The molecular formula is C21H19FN6O2S. The standard InChI is InChI=1S/C21H19FN6O2S/c1-13-3-6-17(7-4-13)30-11-21-24-16(12-31-21)10-20(29)23-15-5-8-18(22)19(9-15)28-14(2)25-26-27-28/h3-9,12H,10-11H2,1-2H3,(H,23,29). The molecule has 0 aliphatic carbocycles. The molecule has 158 valence electrons. The lowest BCUT2D eigenvalue weighted by Crippen LogP contribution is -2.15. The molecule has 2 heterocycles. The summed E-state index contributed by atoms with van der Waals surface area (Å²) in [6.45, 7) is 4.01. The van der Waals surface area contributed by atoms with E-state index in [2.05, 4.69) is 25.8 Å². The fraction of sp³-hybridized carbons (Fsp3) is 0.190. The zero-order valence-electron chi connectivity index (χ0n) is 16.9. The molecule has 0 spiro atoms. The third-order valence-corrected chi connectivity index (χ3v) is 5.28. The van der Waals surface area contributed by atoms with Crippen LogP contribution < -0.4 is 10.1 Å². The fourth-order valence-electron chi connectivity index (χ4n) is 2.85. The molecular weight excluding hydrogens is 419 g/mol. The summed E-state index contributed by atoms with van der Waals surface area (Å²) in [6.07, 6.45) is 0.0949. The molecule has 0 aliphatic rings. The van der Waals surface area contributed by atoms with Crippen LogP contribution in [0.5, 0.6) is 5.75 Å². The molecule has 4 aromatic rings. The number of nitrogens with zero attached hydrogens (tertiary/aromatic N) is 5. The van der Waals surface area contributed by atoms with E-state index in [0.29, 0.717) is 23.8 Å². The highest BCUT2D eigenvalue weighted by molar-refractivity contribution is 7.09. The van der Waals surface area contributed by atoms with Gasteiger partial charge >= 0.3 is 0 Å². The summed E-state index contributed by atoms with van der Waals surface area (Å²) in [5, 5.41) is 16.4. The number of anilines is 1. The molecule has 8 nitrogen and oxygen atoms in total. The van der Waals surface area contributed by atoms with Gasteiger partial charge in [-0.2, -0.15) is 4.68 Å². The molecule has 1 amide bonds. The number of nitrogens with one attached hydrogen (secondary N) is 1. The van der Waals surface area contributed by atoms with Crippen LogP contribution >= 0.6 is 11.3 Å². The maximum absolute atomic E-state index is 14.2. The normalized spacial score (nSPS) is 10.8. The average Bonchev–Trinajstić information content (AvgIpc) is 3.37. The van der Waals surface area contributed by atoms with Crippen molar-refractivity contribution in [3.8, 4) is 11.4 Å². The monoisotopic (exact) mass is 438 g/mol. The number of halogens is 1. The van der Waals surface area contributed by atoms with E-state index in [1.807, 2.05) is 36.6 Å². The predicted octanol–water partition coefficient (Wildman–Crippen LogP) is 3.63. The molecule has 0 fully saturated rings. The third kappa shape index (κ3) is 5.10. The van der Waals surface area contributed by atoms with Crippen LogP contribution in [0.3, 0.4) is 0 Å². The summed E-state index contributed by atoms with van der Waals surface area (Å²) in [4.78, 5) is 16.9. The minimum Gasteiger partial charge on any atom is -0.486 e. The van der Waals surface area contributed by atoms with E-state index < -0.39 is 5.82 Å². The van der Waals surface area contributed by atoms with Crippen molar-refractivity contribution >= 4 is 22.9 Å². The highest BCUT2D eigenvalue weighted by Crippen LogP contribution is 2.20. The molecule has 0 aliphatic heterocycles. The Morgan fingerprint density at radius 2 is 2.00 bits per heavy atom. The van der Waals surface area contributed by atoms with Crippen LogP contribution in [0, 0.1) is 19.7 Å². The van der Waals surface area contributed by atoms with Crippen LogP contribution in [0.2, 0.25) is 0 Å². The van der Waals surface area contributed by atoms with Crippen LogP contribution in [0.1, 0.15) is 22.1 Å². The number of rotatable bonds is 7. The lowest BCUT2D eigenvalue weighted by atomic mass is 10.2. The van der Waals surface area contributed by atoms with E-state index in [-0.39, 0.29) is 18.0 Å². The third-order valence-electron chi connectivity index (χ3n) is 4.41. The number of aryl methyl sites for hydroxylation is 2. The minimum atomic E-state index is -0.494. The van der Waals surface area contributed by atoms with Crippen molar-refractivity contribution in [2.75, 3.05) is 5.32 Å². The van der Waals surface area contributed by atoms with Gasteiger partial charge in [0.05, 0.1) is 12.1 Å². The Hall–Kier alpha value is -3.66. The number of thiazole rings is 1. The van der Waals surface area contributed by atoms with Crippen molar-refractivity contribution in [1.29, 1.82) is 0 Å². The Kier molecular flexibility index (Phi) is 5.99. The van der Waals surface area contributed by atoms with Gasteiger partial charge in [-0.1, -0.05) is 17.7 Å². The van der Waals surface area contributed by atoms with Crippen molar-refractivity contribution in [3.63, 3.8) is 0 Å². The quantitative estimate of drug-likeness (QED) is 0.473. The van der Waals surface area contributed by atoms with E-state index in [9.17, 15) is 9.18 Å². The summed E-state index contributed by atoms with van der Waals surface area (Å²) >= 11 is 1.43. The van der Waals surface area contributed by atoms with Crippen molar-refractivity contribution in [2.45, 2.75) is 26.9 Å². The highest BCUT2D eigenvalue weighted by atomic mass is 32.1. The Labute approximate surface area is 181 Å². The number of tetrazole rings is 1. The van der Waals surface area contributed by atoms with Crippen molar-refractivity contribution < 1.29 is 13.9 Å². The number of ether oxygens (including phenoxy) is 1. The molecule has 0 saturated carbocycles. The van der Waals surface area contributed by atoms with E-state index >= 15 is 0 Å². The maximum Gasteiger partial charge on any atom is 0.230 e. The lowest BCUT2D eigenvalue weighted by Gasteiger charge is -2.08. The second-order valence-electron chi connectivity index (χ2n) is 6.86. The van der Waals surface area contributed by atoms with Crippen molar-refractivity contribution in [1.82, 2.24) is 25.2 Å². The number of hydrogen-bond acceptors (Lipinski definition) is 7. The Morgan fingerprint density at radius 3 is 2.74 bits per heavy atom. The fourth-order valence-corrected chi connectivity index (χ4v) is 3.56. The van der Waals surface area contributed by atoms with Gasteiger partial charge in [-0.25, -0.2) is 9.37 Å². The highest BCUT2D eigenvalue weighted by Gasteiger charge is 2.13. The number of benzene rings is 2. The van der Waals surface area contributed by atoms with Crippen molar-refractivity contribution in [3.05, 3.63) is 75.8 Å². The zero-order valence-corrected chi connectivity index (χ0v) is 17.7. The second kappa shape index (κ2) is 9.00. The molecule has 2 aromatic carbocycles. The van der Waals surface area contributed by atoms with Crippen LogP contribution in [-0.4, -0.2) is 31.1 Å². The molecule has 0 bridgehead atoms. The molecule has 0 atom stereocenters. The Morgan fingerprint density at radius 1 is 1.19 bits per heavy atom. The second-order valence-corrected chi connectivity index (χ2v) is 7.81. The Balaban J connectivity index is 1.36. The summed E-state index contributed by atoms with van der Waals surface area (Å²) < 4.78 is 21.2. The summed E-state index contributed by atoms with van der Waals surface area (Å²) in [5.41, 5.74) is 2.40. The molecule has 0 unspecified atom stereocenters. The van der Waals surface area contributed by atoms with Gasteiger partial charge in [0.1, 0.15) is 28.9 Å². The van der Waals surface area contributed by atoms with Crippen LogP contribution in [0.15, 0.2) is 47.8 Å². The first kappa shape index (κ1) is 20.6. The number of carbonyl (C=O) groups is 1. The van der Waals surface area contributed by atoms with Gasteiger partial charge in [-0.3, -0.25) is 4.79 Å². The SMILES string of the molecule is Cc1ccc(OCc2nc(CC(=O)Nc3ccc(F)c(-n4nnnc4C)c3)cs2)cc1. The number of amides is 1. The first-order valence-electron chi connectivity index (χ1n) is 9.45. The van der Waals surface area contributed by atoms with Gasteiger partial charge in [0.25, 0.3) is 0 Å². The molecule has 10 heteroatoms. The Bertz CT molecular complexity index is 1200.